The Bertz CT molecular complexity index is 707. The maximum Gasteiger partial charge on any atom is 0.261 e. The highest BCUT2D eigenvalue weighted by Crippen LogP contribution is 2.20. The average Bonchev–Trinajstić information content (AvgIpc) is 2.55. The summed E-state index contributed by atoms with van der Waals surface area (Å²) in [6.07, 6.45) is 3.21. The molecule has 23 heavy (non-hydrogen) atoms. The molecular formula is C18H23NO3S. The molecule has 4 nitrogen and oxygen atoms in total. The Morgan fingerprint density at radius 1 is 0.957 bits per heavy atom. The van der Waals surface area contributed by atoms with Crippen LogP contribution in [-0.2, 0) is 16.4 Å². The molecule has 0 aliphatic heterocycles. The number of nitrogens with one attached hydrogen (secondary N) is 1. The molecule has 0 fully saturated rings. The van der Waals surface area contributed by atoms with E-state index in [-0.39, 0.29) is 4.90 Å². The molecule has 0 aromatic heterocycles. The van der Waals surface area contributed by atoms with Crippen LogP contribution in [0, 0.1) is 0 Å². The Morgan fingerprint density at radius 2 is 1.61 bits per heavy atom. The van der Waals surface area contributed by atoms with Crippen molar-refractivity contribution in [3.05, 3.63) is 54.1 Å². The molecule has 2 rings (SSSR count). The highest BCUT2D eigenvalue weighted by Gasteiger charge is 2.14. The summed E-state index contributed by atoms with van der Waals surface area (Å²) in [6, 6.07) is 13.9. The number of aryl methyl sites for hydroxylation is 1. The van der Waals surface area contributed by atoms with E-state index in [2.05, 4.69) is 11.6 Å². The van der Waals surface area contributed by atoms with E-state index in [1.165, 1.54) is 0 Å². The second-order valence-electron chi connectivity index (χ2n) is 5.31. The summed E-state index contributed by atoms with van der Waals surface area (Å²) in [4.78, 5) is 0.270. The first kappa shape index (κ1) is 17.3. The van der Waals surface area contributed by atoms with E-state index in [0.717, 1.165) is 30.6 Å². The van der Waals surface area contributed by atoms with Crippen LogP contribution in [0.4, 0.5) is 5.69 Å². The number of anilines is 1. The van der Waals surface area contributed by atoms with Crippen molar-refractivity contribution in [2.45, 2.75) is 38.0 Å². The number of hydrogen-bond acceptors (Lipinski definition) is 3. The minimum Gasteiger partial charge on any atom is -0.494 e. The zero-order valence-electron chi connectivity index (χ0n) is 13.6. The SMILES string of the molecule is CCCCc1ccc(S(=O)(=O)Nc2ccc(OCC)cc2)cc1. The highest BCUT2D eigenvalue weighted by molar-refractivity contribution is 7.92. The maximum atomic E-state index is 12.4. The molecule has 0 spiro atoms. The molecule has 0 unspecified atom stereocenters. The molecule has 124 valence electrons. The Labute approximate surface area is 138 Å². The third kappa shape index (κ3) is 4.99. The van der Waals surface area contributed by atoms with Crippen molar-refractivity contribution in [2.24, 2.45) is 0 Å². The van der Waals surface area contributed by atoms with Crippen LogP contribution < -0.4 is 9.46 Å². The molecule has 0 saturated carbocycles. The minimum atomic E-state index is -3.57. The zero-order valence-corrected chi connectivity index (χ0v) is 14.4. The van der Waals surface area contributed by atoms with Gasteiger partial charge in [0.05, 0.1) is 11.5 Å². The van der Waals surface area contributed by atoms with Gasteiger partial charge in [-0.3, -0.25) is 4.72 Å². The minimum absolute atomic E-state index is 0.270. The van der Waals surface area contributed by atoms with Gasteiger partial charge in [-0.2, -0.15) is 0 Å². The second kappa shape index (κ2) is 8.02. The molecule has 0 radical (unpaired) electrons. The first-order valence-electron chi connectivity index (χ1n) is 7.89. The Morgan fingerprint density at radius 3 is 2.17 bits per heavy atom. The first-order chi connectivity index (χ1) is 11.0. The maximum absolute atomic E-state index is 12.4. The lowest BCUT2D eigenvalue weighted by Crippen LogP contribution is -2.12. The van der Waals surface area contributed by atoms with Crippen molar-refractivity contribution >= 4 is 15.7 Å². The van der Waals surface area contributed by atoms with Gasteiger partial charge in [-0.25, -0.2) is 8.42 Å². The molecule has 2 aromatic carbocycles. The van der Waals surface area contributed by atoms with Crippen LogP contribution in [0.1, 0.15) is 32.3 Å². The quantitative estimate of drug-likeness (QED) is 0.786. The van der Waals surface area contributed by atoms with Gasteiger partial charge in [-0.05, 0) is 61.7 Å². The summed E-state index contributed by atoms with van der Waals surface area (Å²) >= 11 is 0. The lowest BCUT2D eigenvalue weighted by Gasteiger charge is -2.10. The molecule has 2 aromatic rings. The number of rotatable bonds is 8. The van der Waals surface area contributed by atoms with Gasteiger partial charge in [0.25, 0.3) is 10.0 Å². The summed E-state index contributed by atoms with van der Waals surface area (Å²) < 4.78 is 32.7. The molecule has 0 bridgehead atoms. The molecule has 5 heteroatoms. The predicted octanol–water partition coefficient (Wildman–Crippen LogP) is 4.23. The van der Waals surface area contributed by atoms with Crippen LogP contribution in [0.2, 0.25) is 0 Å². The zero-order chi connectivity index (χ0) is 16.7. The van der Waals surface area contributed by atoms with E-state index in [1.54, 1.807) is 36.4 Å². The van der Waals surface area contributed by atoms with Crippen molar-refractivity contribution in [2.75, 3.05) is 11.3 Å². The van der Waals surface area contributed by atoms with Gasteiger partial charge in [-0.15, -0.1) is 0 Å². The van der Waals surface area contributed by atoms with Gasteiger partial charge >= 0.3 is 0 Å². The monoisotopic (exact) mass is 333 g/mol. The van der Waals surface area contributed by atoms with Crippen LogP contribution in [-0.4, -0.2) is 15.0 Å². The smallest absolute Gasteiger partial charge is 0.261 e. The summed E-state index contributed by atoms with van der Waals surface area (Å²) in [5.41, 5.74) is 1.68. The fourth-order valence-electron chi connectivity index (χ4n) is 2.22. The average molecular weight is 333 g/mol. The molecular weight excluding hydrogens is 310 g/mol. The number of benzene rings is 2. The molecule has 0 heterocycles. The van der Waals surface area contributed by atoms with Crippen molar-refractivity contribution in [3.63, 3.8) is 0 Å². The van der Waals surface area contributed by atoms with Gasteiger partial charge in [0.1, 0.15) is 5.75 Å². The van der Waals surface area contributed by atoms with Crippen LogP contribution in [0.25, 0.3) is 0 Å². The molecule has 0 aliphatic carbocycles. The van der Waals surface area contributed by atoms with E-state index >= 15 is 0 Å². The molecule has 0 atom stereocenters. The van der Waals surface area contributed by atoms with Crippen LogP contribution >= 0.6 is 0 Å². The number of sulfonamides is 1. The van der Waals surface area contributed by atoms with Crippen LogP contribution in [0.15, 0.2) is 53.4 Å². The molecule has 0 saturated heterocycles. The van der Waals surface area contributed by atoms with Crippen molar-refractivity contribution in [3.8, 4) is 5.75 Å². The molecule has 0 aliphatic rings. The number of unbranched alkanes of at least 4 members (excludes halogenated alkanes) is 1. The standard InChI is InChI=1S/C18H23NO3S/c1-3-5-6-15-7-13-18(14-8-15)23(20,21)19-16-9-11-17(12-10-16)22-4-2/h7-14,19H,3-6H2,1-2H3. The van der Waals surface area contributed by atoms with E-state index in [9.17, 15) is 8.42 Å². The molecule has 0 amide bonds. The first-order valence-corrected chi connectivity index (χ1v) is 9.38. The van der Waals surface area contributed by atoms with Gasteiger partial charge in [0.15, 0.2) is 0 Å². The van der Waals surface area contributed by atoms with Crippen LogP contribution in [0.5, 0.6) is 5.75 Å². The summed E-state index contributed by atoms with van der Waals surface area (Å²) in [5.74, 6) is 0.718. The topological polar surface area (TPSA) is 55.4 Å². The second-order valence-corrected chi connectivity index (χ2v) is 6.99. The Hall–Kier alpha value is -2.01. The van der Waals surface area contributed by atoms with Crippen molar-refractivity contribution in [1.82, 2.24) is 0 Å². The van der Waals surface area contributed by atoms with E-state index in [0.29, 0.717) is 12.3 Å². The van der Waals surface area contributed by atoms with Crippen molar-refractivity contribution in [1.29, 1.82) is 0 Å². The number of ether oxygens (including phenoxy) is 1. The largest absolute Gasteiger partial charge is 0.494 e. The third-order valence-electron chi connectivity index (χ3n) is 3.47. The lowest BCUT2D eigenvalue weighted by molar-refractivity contribution is 0.340. The van der Waals surface area contributed by atoms with Gasteiger partial charge in [-0.1, -0.05) is 25.5 Å². The normalized spacial score (nSPS) is 11.2. The molecule has 1 N–H and O–H groups in total. The Balaban J connectivity index is 2.08. The summed E-state index contributed by atoms with van der Waals surface area (Å²) in [6.45, 7) is 4.62. The number of hydrogen-bond donors (Lipinski definition) is 1. The van der Waals surface area contributed by atoms with Gasteiger partial charge < -0.3 is 4.74 Å². The fraction of sp³-hybridized carbons (Fsp3) is 0.333. The lowest BCUT2D eigenvalue weighted by atomic mass is 10.1. The van der Waals surface area contributed by atoms with Crippen LogP contribution in [0.3, 0.4) is 0 Å². The van der Waals surface area contributed by atoms with E-state index < -0.39 is 10.0 Å². The van der Waals surface area contributed by atoms with Crippen molar-refractivity contribution < 1.29 is 13.2 Å². The third-order valence-corrected chi connectivity index (χ3v) is 4.87. The fourth-order valence-corrected chi connectivity index (χ4v) is 3.27. The summed E-state index contributed by atoms with van der Waals surface area (Å²) in [7, 11) is -3.57. The highest BCUT2D eigenvalue weighted by atomic mass is 32.2. The van der Waals surface area contributed by atoms with E-state index in [1.807, 2.05) is 19.1 Å². The predicted molar refractivity (Wildman–Crippen MR) is 93.5 cm³/mol. The van der Waals surface area contributed by atoms with E-state index in [4.69, 9.17) is 4.74 Å². The van der Waals surface area contributed by atoms with Gasteiger partial charge in [0, 0.05) is 5.69 Å². The van der Waals surface area contributed by atoms with Gasteiger partial charge in [0.2, 0.25) is 0 Å². The Kier molecular flexibility index (Phi) is 6.04. The summed E-state index contributed by atoms with van der Waals surface area (Å²) in [5, 5.41) is 0.